The number of hydrogen-bond donors (Lipinski definition) is 0. The summed E-state index contributed by atoms with van der Waals surface area (Å²) >= 11 is 0. The molecule has 0 fully saturated rings. The summed E-state index contributed by atoms with van der Waals surface area (Å²) in [5, 5.41) is 0. The maximum Gasteiger partial charge on any atom is 0.0126 e. The van der Waals surface area contributed by atoms with Gasteiger partial charge in [-0.3, -0.25) is 0 Å². The van der Waals surface area contributed by atoms with E-state index >= 15 is 0 Å². The quantitative estimate of drug-likeness (QED) is 0.560. The van der Waals surface area contributed by atoms with E-state index in [0.29, 0.717) is 0 Å². The van der Waals surface area contributed by atoms with E-state index in [1.165, 1.54) is 11.3 Å². The van der Waals surface area contributed by atoms with E-state index in [-0.39, 0.29) is 0 Å². The molecule has 0 aliphatic heterocycles. The topological polar surface area (TPSA) is 3.24 Å². The van der Waals surface area contributed by atoms with Crippen molar-refractivity contribution in [3.8, 4) is 0 Å². The number of nitrogens with zero attached hydrogens (tertiary/aromatic N) is 1. The Morgan fingerprint density at radius 3 is 2.18 bits per heavy atom. The summed E-state index contributed by atoms with van der Waals surface area (Å²) in [6.45, 7) is 7.81. The normalized spacial score (nSPS) is 13.1. The van der Waals surface area contributed by atoms with Crippen molar-refractivity contribution < 1.29 is 0 Å². The molecule has 0 aromatic heterocycles. The minimum Gasteiger partial charge on any atom is -0.381 e. The van der Waals surface area contributed by atoms with Crippen LogP contribution < -0.4 is 0 Å². The van der Waals surface area contributed by atoms with E-state index in [0.717, 1.165) is 0 Å². The van der Waals surface area contributed by atoms with Crippen LogP contribution in [0.5, 0.6) is 0 Å². The third kappa shape index (κ3) is 3.66. The monoisotopic (exact) mass is 151 g/mol. The lowest BCUT2D eigenvalue weighted by Crippen LogP contribution is -2.09. The molecule has 0 spiro atoms. The molecule has 0 bridgehead atoms. The van der Waals surface area contributed by atoms with Crippen LogP contribution in [0.25, 0.3) is 0 Å². The molecule has 0 radical (unpaired) electrons. The standard InChI is InChI=1S/C10H17N/c1-6-7-8-9(2)10(3)11(4)5/h6-8H,1H2,2-5H3/b8-7-,10-9+. The van der Waals surface area contributed by atoms with Crippen LogP contribution in [0.15, 0.2) is 36.1 Å². The predicted molar refractivity (Wildman–Crippen MR) is 51.4 cm³/mol. The zero-order valence-electron chi connectivity index (χ0n) is 7.89. The van der Waals surface area contributed by atoms with Gasteiger partial charge in [0.2, 0.25) is 0 Å². The van der Waals surface area contributed by atoms with Gasteiger partial charge in [-0.05, 0) is 19.4 Å². The van der Waals surface area contributed by atoms with Crippen molar-refractivity contribution in [2.75, 3.05) is 14.1 Å². The van der Waals surface area contributed by atoms with Crippen molar-refractivity contribution in [2.24, 2.45) is 0 Å². The minimum atomic E-state index is 1.27. The van der Waals surface area contributed by atoms with E-state index in [4.69, 9.17) is 0 Å². The first kappa shape index (κ1) is 10.0. The molecule has 0 amide bonds. The van der Waals surface area contributed by atoms with E-state index in [2.05, 4.69) is 31.4 Å². The summed E-state index contributed by atoms with van der Waals surface area (Å²) in [6, 6.07) is 0. The fourth-order valence-corrected chi connectivity index (χ4v) is 0.686. The molecule has 0 saturated carbocycles. The van der Waals surface area contributed by atoms with Gasteiger partial charge < -0.3 is 4.90 Å². The van der Waals surface area contributed by atoms with Gasteiger partial charge in [0, 0.05) is 19.8 Å². The van der Waals surface area contributed by atoms with Crippen molar-refractivity contribution in [1.29, 1.82) is 0 Å². The lowest BCUT2D eigenvalue weighted by Gasteiger charge is -2.14. The molecule has 0 N–H and O–H groups in total. The van der Waals surface area contributed by atoms with Gasteiger partial charge in [0.15, 0.2) is 0 Å². The Morgan fingerprint density at radius 1 is 1.27 bits per heavy atom. The molecular formula is C10H17N. The lowest BCUT2D eigenvalue weighted by molar-refractivity contribution is 0.509. The molecule has 0 atom stereocenters. The van der Waals surface area contributed by atoms with Gasteiger partial charge in [0.25, 0.3) is 0 Å². The maximum atomic E-state index is 3.61. The summed E-state index contributed by atoms with van der Waals surface area (Å²) in [5.74, 6) is 0. The average Bonchev–Trinajstić information content (AvgIpc) is 1.98. The van der Waals surface area contributed by atoms with Crippen molar-refractivity contribution in [2.45, 2.75) is 13.8 Å². The molecule has 0 aromatic carbocycles. The first-order valence-corrected chi connectivity index (χ1v) is 3.73. The summed E-state index contributed by atoms with van der Waals surface area (Å²) in [4.78, 5) is 2.10. The van der Waals surface area contributed by atoms with E-state index in [1.807, 2.05) is 20.2 Å². The SMILES string of the molecule is C=C/C=C\C(C)=C(/C)N(C)C. The van der Waals surface area contributed by atoms with Crippen LogP contribution in [0.3, 0.4) is 0 Å². The molecule has 0 heterocycles. The van der Waals surface area contributed by atoms with Crippen LogP contribution in [0, 0.1) is 0 Å². The Bertz CT molecular complexity index is 185. The first-order valence-electron chi connectivity index (χ1n) is 3.73. The molecule has 0 rings (SSSR count). The Hall–Kier alpha value is -0.980. The second-order valence-corrected chi connectivity index (χ2v) is 2.76. The summed E-state index contributed by atoms with van der Waals surface area (Å²) in [5.41, 5.74) is 2.55. The molecule has 11 heavy (non-hydrogen) atoms. The van der Waals surface area contributed by atoms with Gasteiger partial charge in [-0.2, -0.15) is 0 Å². The van der Waals surface area contributed by atoms with E-state index in [1.54, 1.807) is 6.08 Å². The van der Waals surface area contributed by atoms with Crippen molar-refractivity contribution in [3.63, 3.8) is 0 Å². The molecule has 0 aromatic rings. The highest BCUT2D eigenvalue weighted by Crippen LogP contribution is 2.06. The van der Waals surface area contributed by atoms with E-state index in [9.17, 15) is 0 Å². The number of allylic oxidation sites excluding steroid dienone is 5. The van der Waals surface area contributed by atoms with Crippen LogP contribution in [-0.4, -0.2) is 19.0 Å². The number of rotatable bonds is 3. The highest BCUT2D eigenvalue weighted by molar-refractivity contribution is 5.23. The fourth-order valence-electron chi connectivity index (χ4n) is 0.686. The van der Waals surface area contributed by atoms with Crippen molar-refractivity contribution in [1.82, 2.24) is 4.90 Å². The van der Waals surface area contributed by atoms with Crippen molar-refractivity contribution >= 4 is 0 Å². The predicted octanol–water partition coefficient (Wildman–Crippen LogP) is 2.58. The van der Waals surface area contributed by atoms with Gasteiger partial charge in [-0.1, -0.05) is 24.8 Å². The van der Waals surface area contributed by atoms with Gasteiger partial charge >= 0.3 is 0 Å². The van der Waals surface area contributed by atoms with Crippen LogP contribution in [0.2, 0.25) is 0 Å². The summed E-state index contributed by atoms with van der Waals surface area (Å²) < 4.78 is 0. The molecule has 1 heteroatoms. The van der Waals surface area contributed by atoms with Crippen LogP contribution in [-0.2, 0) is 0 Å². The van der Waals surface area contributed by atoms with Crippen LogP contribution in [0.4, 0.5) is 0 Å². The lowest BCUT2D eigenvalue weighted by atomic mass is 10.2. The summed E-state index contributed by atoms with van der Waals surface area (Å²) in [6.07, 6.45) is 5.79. The summed E-state index contributed by atoms with van der Waals surface area (Å²) in [7, 11) is 4.08. The highest BCUT2D eigenvalue weighted by Gasteiger charge is 1.93. The van der Waals surface area contributed by atoms with Gasteiger partial charge in [-0.15, -0.1) is 0 Å². The maximum absolute atomic E-state index is 3.61. The minimum absolute atomic E-state index is 1.27. The van der Waals surface area contributed by atoms with Gasteiger partial charge in [0.05, 0.1) is 0 Å². The van der Waals surface area contributed by atoms with Crippen LogP contribution >= 0.6 is 0 Å². The highest BCUT2D eigenvalue weighted by atomic mass is 15.1. The Morgan fingerprint density at radius 2 is 1.82 bits per heavy atom. The molecule has 0 saturated heterocycles. The Balaban J connectivity index is 4.39. The third-order valence-corrected chi connectivity index (χ3v) is 1.72. The molecule has 0 unspecified atom stereocenters. The zero-order valence-corrected chi connectivity index (χ0v) is 7.89. The molecule has 1 nitrogen and oxygen atoms in total. The van der Waals surface area contributed by atoms with Crippen LogP contribution in [0.1, 0.15) is 13.8 Å². The first-order chi connectivity index (χ1) is 5.09. The Kier molecular flexibility index (Phi) is 4.35. The zero-order chi connectivity index (χ0) is 8.85. The second kappa shape index (κ2) is 4.78. The van der Waals surface area contributed by atoms with Crippen molar-refractivity contribution in [3.05, 3.63) is 36.1 Å². The smallest absolute Gasteiger partial charge is 0.0126 e. The molecule has 0 aliphatic carbocycles. The Labute approximate surface area is 69.7 Å². The molecule has 62 valence electrons. The molecular weight excluding hydrogens is 134 g/mol. The average molecular weight is 151 g/mol. The van der Waals surface area contributed by atoms with E-state index < -0.39 is 0 Å². The molecule has 0 aliphatic rings. The third-order valence-electron chi connectivity index (χ3n) is 1.72. The largest absolute Gasteiger partial charge is 0.381 e. The fraction of sp³-hybridized carbons (Fsp3) is 0.400. The second-order valence-electron chi connectivity index (χ2n) is 2.76. The number of hydrogen-bond acceptors (Lipinski definition) is 1. The van der Waals surface area contributed by atoms with Gasteiger partial charge in [0.1, 0.15) is 0 Å². The van der Waals surface area contributed by atoms with Gasteiger partial charge in [-0.25, -0.2) is 0 Å².